The maximum absolute atomic E-state index is 10.8. The van der Waals surface area contributed by atoms with Gasteiger partial charge in [-0.2, -0.15) is 4.99 Å². The molecule has 1 fully saturated rings. The molecule has 0 amide bonds. The molecule has 5 heteroatoms. The van der Waals surface area contributed by atoms with E-state index in [4.69, 9.17) is 9.47 Å². The molecule has 4 nitrogen and oxygen atoms in total. The number of hydrogen-bond donors (Lipinski definition) is 0. The second-order valence-electron chi connectivity index (χ2n) is 6.61. The third-order valence-electron chi connectivity index (χ3n) is 4.21. The largest absolute Gasteiger partial charge is 0.489 e. The highest BCUT2D eigenvalue weighted by molar-refractivity contribution is 9.10. The highest BCUT2D eigenvalue weighted by Gasteiger charge is 2.41. The SMILES string of the molecule is CC1(C)COc2cc(Br)c(C3(N=C=O)CCC3)cc2OC1. The summed E-state index contributed by atoms with van der Waals surface area (Å²) in [6.07, 6.45) is 4.53. The van der Waals surface area contributed by atoms with Gasteiger partial charge in [-0.25, -0.2) is 4.79 Å². The van der Waals surface area contributed by atoms with Crippen LogP contribution in [0.2, 0.25) is 0 Å². The van der Waals surface area contributed by atoms with Crippen molar-refractivity contribution in [1.29, 1.82) is 0 Å². The second-order valence-corrected chi connectivity index (χ2v) is 7.46. The van der Waals surface area contributed by atoms with Crippen LogP contribution in [0.5, 0.6) is 11.5 Å². The van der Waals surface area contributed by atoms with Crippen LogP contribution in [0.25, 0.3) is 0 Å². The number of ether oxygens (including phenoxy) is 2. The summed E-state index contributed by atoms with van der Waals surface area (Å²) in [4.78, 5) is 14.8. The van der Waals surface area contributed by atoms with Gasteiger partial charge in [0.15, 0.2) is 11.5 Å². The van der Waals surface area contributed by atoms with Gasteiger partial charge in [0, 0.05) is 9.89 Å². The fourth-order valence-corrected chi connectivity index (χ4v) is 3.44. The lowest BCUT2D eigenvalue weighted by Crippen LogP contribution is -2.32. The molecule has 0 spiro atoms. The van der Waals surface area contributed by atoms with Crippen molar-refractivity contribution >= 4 is 22.0 Å². The minimum Gasteiger partial charge on any atom is -0.489 e. The Kier molecular flexibility index (Phi) is 3.58. The predicted molar refractivity (Wildman–Crippen MR) is 82.6 cm³/mol. The first kappa shape index (κ1) is 14.6. The second kappa shape index (κ2) is 5.15. The molecular weight excluding hydrogens is 334 g/mol. The highest BCUT2D eigenvalue weighted by atomic mass is 79.9. The Bertz CT molecular complexity index is 616. The fourth-order valence-electron chi connectivity index (χ4n) is 2.75. The summed E-state index contributed by atoms with van der Waals surface area (Å²) in [5.74, 6) is 1.46. The van der Waals surface area contributed by atoms with Crippen molar-refractivity contribution in [3.8, 4) is 11.5 Å². The van der Waals surface area contributed by atoms with E-state index in [2.05, 4.69) is 34.8 Å². The zero-order chi connectivity index (χ0) is 15.1. The molecule has 0 N–H and O–H groups in total. The van der Waals surface area contributed by atoms with Gasteiger partial charge in [0.25, 0.3) is 0 Å². The van der Waals surface area contributed by atoms with Crippen LogP contribution < -0.4 is 9.47 Å². The minimum atomic E-state index is -0.444. The topological polar surface area (TPSA) is 47.9 Å². The first-order valence-corrected chi connectivity index (χ1v) is 7.94. The molecular formula is C16H18BrNO3. The molecule has 21 heavy (non-hydrogen) atoms. The van der Waals surface area contributed by atoms with Gasteiger partial charge >= 0.3 is 0 Å². The van der Waals surface area contributed by atoms with Gasteiger partial charge in [-0.15, -0.1) is 0 Å². The summed E-state index contributed by atoms with van der Waals surface area (Å²) in [5.41, 5.74) is 0.515. The molecule has 1 aliphatic carbocycles. The van der Waals surface area contributed by atoms with Gasteiger partial charge in [0.1, 0.15) is 0 Å². The van der Waals surface area contributed by atoms with Crippen LogP contribution in [0.1, 0.15) is 38.7 Å². The van der Waals surface area contributed by atoms with Crippen LogP contribution >= 0.6 is 15.9 Å². The van der Waals surface area contributed by atoms with Gasteiger partial charge in [0.2, 0.25) is 6.08 Å². The van der Waals surface area contributed by atoms with Crippen LogP contribution in [0.15, 0.2) is 21.6 Å². The average Bonchev–Trinajstić information content (AvgIpc) is 2.53. The molecule has 0 atom stereocenters. The van der Waals surface area contributed by atoms with E-state index in [9.17, 15) is 4.79 Å². The average molecular weight is 352 g/mol. The number of halogens is 1. The predicted octanol–water partition coefficient (Wildman–Crippen LogP) is 3.96. The lowest BCUT2D eigenvalue weighted by atomic mass is 9.72. The maximum atomic E-state index is 10.8. The summed E-state index contributed by atoms with van der Waals surface area (Å²) >= 11 is 3.58. The summed E-state index contributed by atoms with van der Waals surface area (Å²) in [6, 6.07) is 3.88. The van der Waals surface area contributed by atoms with Crippen molar-refractivity contribution < 1.29 is 14.3 Å². The van der Waals surface area contributed by atoms with Gasteiger partial charge < -0.3 is 9.47 Å². The van der Waals surface area contributed by atoms with E-state index in [-0.39, 0.29) is 5.41 Å². The van der Waals surface area contributed by atoms with Crippen molar-refractivity contribution in [2.24, 2.45) is 10.4 Å². The fraction of sp³-hybridized carbons (Fsp3) is 0.562. The maximum Gasteiger partial charge on any atom is 0.235 e. The third-order valence-corrected chi connectivity index (χ3v) is 4.87. The normalized spacial score (nSPS) is 21.7. The quantitative estimate of drug-likeness (QED) is 0.598. The van der Waals surface area contributed by atoms with E-state index in [0.29, 0.717) is 13.2 Å². The van der Waals surface area contributed by atoms with E-state index in [1.54, 1.807) is 6.08 Å². The Morgan fingerprint density at radius 2 is 1.81 bits per heavy atom. The molecule has 0 bridgehead atoms. The molecule has 0 unspecified atom stereocenters. The van der Waals surface area contributed by atoms with Crippen LogP contribution in [0, 0.1) is 5.41 Å². The lowest BCUT2D eigenvalue weighted by Gasteiger charge is -2.38. The highest BCUT2D eigenvalue weighted by Crippen LogP contribution is 2.50. The summed E-state index contributed by atoms with van der Waals surface area (Å²) in [5, 5.41) is 0. The zero-order valence-electron chi connectivity index (χ0n) is 12.2. The van der Waals surface area contributed by atoms with E-state index < -0.39 is 5.54 Å². The van der Waals surface area contributed by atoms with E-state index in [0.717, 1.165) is 40.8 Å². The first-order valence-electron chi connectivity index (χ1n) is 7.14. The molecule has 1 saturated carbocycles. The smallest absolute Gasteiger partial charge is 0.235 e. The third kappa shape index (κ3) is 2.60. The Morgan fingerprint density at radius 1 is 1.19 bits per heavy atom. The summed E-state index contributed by atoms with van der Waals surface area (Å²) in [7, 11) is 0. The molecule has 1 aromatic carbocycles. The number of hydrogen-bond acceptors (Lipinski definition) is 4. The standard InChI is InChI=1S/C16H18BrNO3/c1-15(2)8-20-13-6-11(12(17)7-14(13)21-9-15)16(18-10-19)4-3-5-16/h6-7H,3-5,8-9H2,1-2H3. The van der Waals surface area contributed by atoms with Crippen molar-refractivity contribution in [2.45, 2.75) is 38.6 Å². The number of aliphatic imine (C=N–C) groups is 1. The number of fused-ring (bicyclic) bond motifs is 1. The Hall–Kier alpha value is -1.32. The number of carbonyl (C=O) groups excluding carboxylic acids is 1. The first-order chi connectivity index (χ1) is 9.96. The van der Waals surface area contributed by atoms with Crippen molar-refractivity contribution in [3.05, 3.63) is 22.2 Å². The summed E-state index contributed by atoms with van der Waals surface area (Å²) in [6.45, 7) is 5.44. The number of rotatable bonds is 2. The monoisotopic (exact) mass is 351 g/mol. The number of benzene rings is 1. The molecule has 1 aromatic rings. The zero-order valence-corrected chi connectivity index (χ0v) is 13.8. The van der Waals surface area contributed by atoms with E-state index >= 15 is 0 Å². The van der Waals surface area contributed by atoms with Crippen LogP contribution in [0.3, 0.4) is 0 Å². The molecule has 0 saturated heterocycles. The molecule has 1 aliphatic heterocycles. The Labute approximate surface area is 132 Å². The van der Waals surface area contributed by atoms with Crippen LogP contribution in [-0.4, -0.2) is 19.3 Å². The summed E-state index contributed by atoms with van der Waals surface area (Å²) < 4.78 is 12.7. The molecule has 0 aromatic heterocycles. The van der Waals surface area contributed by atoms with E-state index in [1.807, 2.05) is 12.1 Å². The van der Waals surface area contributed by atoms with Crippen LogP contribution in [0.4, 0.5) is 0 Å². The molecule has 3 rings (SSSR count). The van der Waals surface area contributed by atoms with Gasteiger partial charge in [-0.3, -0.25) is 0 Å². The van der Waals surface area contributed by atoms with Crippen molar-refractivity contribution in [1.82, 2.24) is 0 Å². The van der Waals surface area contributed by atoms with Gasteiger partial charge in [-0.1, -0.05) is 29.8 Å². The van der Waals surface area contributed by atoms with Crippen molar-refractivity contribution in [2.75, 3.05) is 13.2 Å². The molecule has 2 aliphatic rings. The Balaban J connectivity index is 2.02. The number of isocyanates is 1. The molecule has 112 valence electrons. The van der Waals surface area contributed by atoms with Crippen molar-refractivity contribution in [3.63, 3.8) is 0 Å². The molecule has 1 heterocycles. The molecule has 0 radical (unpaired) electrons. The Morgan fingerprint density at radius 3 is 2.33 bits per heavy atom. The van der Waals surface area contributed by atoms with Crippen LogP contribution in [-0.2, 0) is 10.3 Å². The van der Waals surface area contributed by atoms with E-state index in [1.165, 1.54) is 0 Å². The van der Waals surface area contributed by atoms with Gasteiger partial charge in [-0.05, 0) is 37.0 Å². The minimum absolute atomic E-state index is 0.0270. The number of nitrogens with zero attached hydrogens (tertiary/aromatic N) is 1. The lowest BCUT2D eigenvalue weighted by molar-refractivity contribution is 0.140. The van der Waals surface area contributed by atoms with Gasteiger partial charge in [0.05, 0.1) is 18.8 Å².